The van der Waals surface area contributed by atoms with Gasteiger partial charge in [0.05, 0.1) is 11.3 Å². The highest BCUT2D eigenvalue weighted by molar-refractivity contribution is 6.03. The number of nitrogens with one attached hydrogen (secondary N) is 1. The molecule has 1 N–H and O–H groups in total. The number of aromatic nitrogens is 1. The SMILES string of the molecule is Cc1cccnc1C1(F)CC=C(C(=O)Nc2ccc(C(F)(F)F)cc2)CC1. The third kappa shape index (κ3) is 4.18. The van der Waals surface area contributed by atoms with Gasteiger partial charge in [0.25, 0.3) is 5.91 Å². The van der Waals surface area contributed by atoms with E-state index in [0.29, 0.717) is 11.3 Å². The second-order valence-electron chi connectivity index (χ2n) is 6.60. The number of carbonyl (C=O) groups is 1. The maximum Gasteiger partial charge on any atom is 0.416 e. The van der Waals surface area contributed by atoms with E-state index in [9.17, 15) is 18.0 Å². The molecule has 1 aliphatic rings. The summed E-state index contributed by atoms with van der Waals surface area (Å²) in [5.41, 5.74) is -0.605. The number of allylic oxidation sites excluding steroid dienone is 1. The van der Waals surface area contributed by atoms with E-state index in [4.69, 9.17) is 0 Å². The molecule has 1 aromatic carbocycles. The number of hydrogen-bond donors (Lipinski definition) is 1. The number of nitrogens with zero attached hydrogens (tertiary/aromatic N) is 1. The van der Waals surface area contributed by atoms with E-state index < -0.39 is 23.3 Å². The van der Waals surface area contributed by atoms with E-state index >= 15 is 4.39 Å². The molecule has 0 fully saturated rings. The smallest absolute Gasteiger partial charge is 0.322 e. The Morgan fingerprint density at radius 3 is 2.44 bits per heavy atom. The quantitative estimate of drug-likeness (QED) is 0.734. The van der Waals surface area contributed by atoms with Crippen LogP contribution in [0.25, 0.3) is 0 Å². The van der Waals surface area contributed by atoms with Crippen LogP contribution in [0.15, 0.2) is 54.2 Å². The van der Waals surface area contributed by atoms with Gasteiger partial charge in [0.1, 0.15) is 0 Å². The number of halogens is 4. The van der Waals surface area contributed by atoms with Gasteiger partial charge >= 0.3 is 6.18 Å². The van der Waals surface area contributed by atoms with Crippen LogP contribution in [-0.2, 0) is 16.6 Å². The molecule has 0 bridgehead atoms. The van der Waals surface area contributed by atoms with Crippen LogP contribution in [0, 0.1) is 6.92 Å². The first-order valence-electron chi connectivity index (χ1n) is 8.48. The molecule has 0 aliphatic heterocycles. The molecule has 1 amide bonds. The predicted molar refractivity (Wildman–Crippen MR) is 93.8 cm³/mol. The van der Waals surface area contributed by atoms with Gasteiger partial charge in [-0.2, -0.15) is 13.2 Å². The summed E-state index contributed by atoms with van der Waals surface area (Å²) in [6, 6.07) is 7.73. The molecule has 1 unspecified atom stereocenters. The highest BCUT2D eigenvalue weighted by atomic mass is 19.4. The largest absolute Gasteiger partial charge is 0.416 e. The van der Waals surface area contributed by atoms with Crippen molar-refractivity contribution >= 4 is 11.6 Å². The van der Waals surface area contributed by atoms with Gasteiger partial charge in [0, 0.05) is 23.9 Å². The van der Waals surface area contributed by atoms with Gasteiger partial charge < -0.3 is 5.32 Å². The molecule has 3 nitrogen and oxygen atoms in total. The zero-order chi connectivity index (χ0) is 19.7. The van der Waals surface area contributed by atoms with Crippen LogP contribution in [-0.4, -0.2) is 10.9 Å². The number of benzene rings is 1. The number of alkyl halides is 4. The fourth-order valence-corrected chi connectivity index (χ4v) is 3.15. The van der Waals surface area contributed by atoms with Gasteiger partial charge in [-0.05, 0) is 55.7 Å². The topological polar surface area (TPSA) is 42.0 Å². The summed E-state index contributed by atoms with van der Waals surface area (Å²) in [5.74, 6) is -0.436. The molecule has 142 valence electrons. The zero-order valence-electron chi connectivity index (χ0n) is 14.6. The molecule has 0 saturated carbocycles. The van der Waals surface area contributed by atoms with Crippen molar-refractivity contribution in [3.63, 3.8) is 0 Å². The third-order valence-corrected chi connectivity index (χ3v) is 4.66. The van der Waals surface area contributed by atoms with E-state index in [0.717, 1.165) is 17.7 Å². The summed E-state index contributed by atoms with van der Waals surface area (Å²) in [7, 11) is 0. The molecule has 0 spiro atoms. The number of rotatable bonds is 3. The Morgan fingerprint density at radius 2 is 1.89 bits per heavy atom. The lowest BCUT2D eigenvalue weighted by atomic mass is 9.82. The summed E-state index contributed by atoms with van der Waals surface area (Å²) in [4.78, 5) is 16.5. The van der Waals surface area contributed by atoms with Gasteiger partial charge in [0.2, 0.25) is 0 Å². The normalized spacial score (nSPS) is 20.1. The van der Waals surface area contributed by atoms with Crippen molar-refractivity contribution in [2.24, 2.45) is 0 Å². The van der Waals surface area contributed by atoms with E-state index in [1.165, 1.54) is 18.2 Å². The minimum atomic E-state index is -4.43. The van der Waals surface area contributed by atoms with Crippen LogP contribution < -0.4 is 5.32 Å². The Hall–Kier alpha value is -2.70. The van der Waals surface area contributed by atoms with Crippen molar-refractivity contribution < 1.29 is 22.4 Å². The van der Waals surface area contributed by atoms with Crippen molar-refractivity contribution in [2.45, 2.75) is 38.0 Å². The molecule has 1 aliphatic carbocycles. The van der Waals surface area contributed by atoms with Gasteiger partial charge in [-0.15, -0.1) is 0 Å². The first-order valence-corrected chi connectivity index (χ1v) is 8.48. The Balaban J connectivity index is 1.69. The molecular formula is C20H18F4N2O. The second-order valence-corrected chi connectivity index (χ2v) is 6.60. The van der Waals surface area contributed by atoms with Gasteiger partial charge in [-0.25, -0.2) is 4.39 Å². The third-order valence-electron chi connectivity index (χ3n) is 4.66. The standard InChI is InChI=1S/C20H18F4N2O/c1-13-3-2-12-25-17(13)19(21)10-8-14(9-11-19)18(27)26-16-6-4-15(5-7-16)20(22,23)24/h2-8,12H,9-11H2,1H3,(H,26,27). The molecule has 1 atom stereocenters. The van der Waals surface area contributed by atoms with E-state index in [2.05, 4.69) is 10.3 Å². The monoisotopic (exact) mass is 378 g/mol. The number of aryl methyl sites for hydroxylation is 1. The second kappa shape index (κ2) is 7.13. The van der Waals surface area contributed by atoms with Crippen LogP contribution in [0.4, 0.5) is 23.2 Å². The van der Waals surface area contributed by atoms with Crippen molar-refractivity contribution in [3.8, 4) is 0 Å². The highest BCUT2D eigenvalue weighted by Gasteiger charge is 2.37. The number of carbonyl (C=O) groups excluding carboxylic acids is 1. The van der Waals surface area contributed by atoms with Crippen molar-refractivity contribution in [2.75, 3.05) is 5.32 Å². The molecule has 2 aromatic rings. The lowest BCUT2D eigenvalue weighted by molar-refractivity contribution is -0.137. The maximum absolute atomic E-state index is 15.2. The fourth-order valence-electron chi connectivity index (χ4n) is 3.15. The summed E-state index contributed by atoms with van der Waals surface area (Å²) in [5, 5.41) is 2.56. The van der Waals surface area contributed by atoms with Crippen molar-refractivity contribution in [3.05, 3.63) is 71.1 Å². The van der Waals surface area contributed by atoms with Crippen LogP contribution >= 0.6 is 0 Å². The summed E-state index contributed by atoms with van der Waals surface area (Å²) in [6.45, 7) is 1.79. The molecule has 1 aromatic heterocycles. The van der Waals surface area contributed by atoms with E-state index in [1.807, 2.05) is 0 Å². The summed E-state index contributed by atoms with van der Waals surface area (Å²) in [6.07, 6.45) is -0.976. The number of anilines is 1. The predicted octanol–water partition coefficient (Wildman–Crippen LogP) is 5.32. The van der Waals surface area contributed by atoms with Gasteiger partial charge in [0.15, 0.2) is 5.67 Å². The average molecular weight is 378 g/mol. The lowest BCUT2D eigenvalue weighted by Crippen LogP contribution is -2.28. The molecular weight excluding hydrogens is 360 g/mol. The molecule has 7 heteroatoms. The molecule has 3 rings (SSSR count). The highest BCUT2D eigenvalue weighted by Crippen LogP contribution is 2.40. The number of pyridine rings is 1. The van der Waals surface area contributed by atoms with Gasteiger partial charge in [-0.1, -0.05) is 12.1 Å². The Labute approximate surface area is 154 Å². The first kappa shape index (κ1) is 19.1. The van der Waals surface area contributed by atoms with Crippen LogP contribution in [0.1, 0.15) is 36.1 Å². The Morgan fingerprint density at radius 1 is 1.19 bits per heavy atom. The zero-order valence-corrected chi connectivity index (χ0v) is 14.6. The molecule has 27 heavy (non-hydrogen) atoms. The molecule has 0 saturated heterocycles. The fraction of sp³-hybridized carbons (Fsp3) is 0.300. The summed E-state index contributed by atoms with van der Waals surface area (Å²) >= 11 is 0. The maximum atomic E-state index is 15.2. The van der Waals surface area contributed by atoms with Gasteiger partial charge in [-0.3, -0.25) is 9.78 Å². The Bertz CT molecular complexity index is 874. The molecule has 0 radical (unpaired) electrons. The minimum Gasteiger partial charge on any atom is -0.322 e. The van der Waals surface area contributed by atoms with Crippen LogP contribution in [0.5, 0.6) is 0 Å². The van der Waals surface area contributed by atoms with Crippen LogP contribution in [0.2, 0.25) is 0 Å². The number of amides is 1. The van der Waals surface area contributed by atoms with Crippen molar-refractivity contribution in [1.82, 2.24) is 4.98 Å². The van der Waals surface area contributed by atoms with E-state index in [1.54, 1.807) is 25.3 Å². The van der Waals surface area contributed by atoms with Crippen molar-refractivity contribution in [1.29, 1.82) is 0 Å². The molecule has 1 heterocycles. The first-order chi connectivity index (χ1) is 12.7. The minimum absolute atomic E-state index is 0.0284. The number of hydrogen-bond acceptors (Lipinski definition) is 2. The van der Waals surface area contributed by atoms with E-state index in [-0.39, 0.29) is 24.9 Å². The van der Waals surface area contributed by atoms with Crippen LogP contribution in [0.3, 0.4) is 0 Å². The Kier molecular flexibility index (Phi) is 5.04. The summed E-state index contributed by atoms with van der Waals surface area (Å²) < 4.78 is 53.0. The average Bonchev–Trinajstić information content (AvgIpc) is 2.62. The lowest BCUT2D eigenvalue weighted by Gasteiger charge is -2.29.